The van der Waals surface area contributed by atoms with Crippen LogP contribution in [0.25, 0.3) is 0 Å². The summed E-state index contributed by atoms with van der Waals surface area (Å²) in [5.41, 5.74) is 4.58. The van der Waals surface area contributed by atoms with Crippen molar-refractivity contribution in [2.45, 2.75) is 53.3 Å². The van der Waals surface area contributed by atoms with E-state index in [0.717, 1.165) is 23.6 Å². The number of ether oxygens (including phenoxy) is 1. The molecule has 1 heterocycles. The van der Waals surface area contributed by atoms with Gasteiger partial charge >= 0.3 is 0 Å². The van der Waals surface area contributed by atoms with Crippen molar-refractivity contribution in [2.24, 2.45) is 0 Å². The van der Waals surface area contributed by atoms with E-state index >= 15 is 0 Å². The molecule has 2 N–H and O–H groups in total. The third-order valence-corrected chi connectivity index (χ3v) is 4.26. The zero-order chi connectivity index (χ0) is 17.7. The molecule has 0 aliphatic heterocycles. The van der Waals surface area contributed by atoms with Gasteiger partial charge in [-0.05, 0) is 52.3 Å². The molecule has 0 saturated carbocycles. The predicted molar refractivity (Wildman–Crippen MR) is 96.5 cm³/mol. The summed E-state index contributed by atoms with van der Waals surface area (Å²) in [5.74, 6) is 0.790. The average Bonchev–Trinajstić information content (AvgIpc) is 2.84. The lowest BCUT2D eigenvalue weighted by molar-refractivity contribution is 0.104. The van der Waals surface area contributed by atoms with E-state index in [0.29, 0.717) is 6.54 Å². The topological polar surface area (TPSA) is 59.3 Å². The van der Waals surface area contributed by atoms with Gasteiger partial charge in [-0.3, -0.25) is 4.68 Å². The van der Waals surface area contributed by atoms with E-state index in [2.05, 4.69) is 31.2 Å². The molecular formula is C19H29N3O2. The Bertz CT molecular complexity index is 667. The number of hydrogen-bond acceptors (Lipinski definition) is 4. The fourth-order valence-corrected chi connectivity index (χ4v) is 3.02. The van der Waals surface area contributed by atoms with Crippen LogP contribution in [-0.4, -0.2) is 34.1 Å². The molecule has 0 amide bonds. The van der Waals surface area contributed by atoms with Crippen molar-refractivity contribution in [2.75, 3.05) is 13.2 Å². The Labute approximate surface area is 144 Å². The molecule has 24 heavy (non-hydrogen) atoms. The summed E-state index contributed by atoms with van der Waals surface area (Å²) in [6.07, 6.45) is -0.560. The van der Waals surface area contributed by atoms with Gasteiger partial charge in [0.05, 0.1) is 5.69 Å². The first-order valence-electron chi connectivity index (χ1n) is 8.57. The third-order valence-electron chi connectivity index (χ3n) is 4.26. The minimum absolute atomic E-state index is 0.138. The van der Waals surface area contributed by atoms with Crippen LogP contribution in [0.2, 0.25) is 0 Å². The van der Waals surface area contributed by atoms with Gasteiger partial charge in [0.1, 0.15) is 18.5 Å². The van der Waals surface area contributed by atoms with Crippen LogP contribution in [0.15, 0.2) is 24.3 Å². The number of hydrogen-bond donors (Lipinski definition) is 2. The van der Waals surface area contributed by atoms with Crippen molar-refractivity contribution in [3.63, 3.8) is 0 Å². The summed E-state index contributed by atoms with van der Waals surface area (Å²) < 4.78 is 7.66. The Morgan fingerprint density at radius 1 is 1.29 bits per heavy atom. The lowest BCUT2D eigenvalue weighted by Gasteiger charge is -2.18. The van der Waals surface area contributed by atoms with Crippen LogP contribution < -0.4 is 10.1 Å². The predicted octanol–water partition coefficient (Wildman–Crippen LogP) is 2.92. The van der Waals surface area contributed by atoms with E-state index < -0.39 is 6.10 Å². The molecular weight excluding hydrogens is 302 g/mol. The molecule has 2 unspecified atom stereocenters. The van der Waals surface area contributed by atoms with Crippen LogP contribution in [0, 0.1) is 20.8 Å². The van der Waals surface area contributed by atoms with Crippen LogP contribution >= 0.6 is 0 Å². The fraction of sp³-hybridized carbons (Fsp3) is 0.526. The number of benzene rings is 1. The lowest BCUT2D eigenvalue weighted by atomic mass is 10.1. The first-order valence-corrected chi connectivity index (χ1v) is 8.57. The Morgan fingerprint density at radius 3 is 2.67 bits per heavy atom. The van der Waals surface area contributed by atoms with Gasteiger partial charge in [0.25, 0.3) is 0 Å². The largest absolute Gasteiger partial charge is 0.491 e. The van der Waals surface area contributed by atoms with Crippen molar-refractivity contribution >= 4 is 0 Å². The number of aliphatic hydroxyl groups is 1. The molecule has 0 radical (unpaired) electrons. The summed E-state index contributed by atoms with van der Waals surface area (Å²) in [7, 11) is 0. The van der Waals surface area contributed by atoms with Gasteiger partial charge in [-0.1, -0.05) is 12.1 Å². The highest BCUT2D eigenvalue weighted by molar-refractivity contribution is 5.28. The summed E-state index contributed by atoms with van der Waals surface area (Å²) >= 11 is 0. The van der Waals surface area contributed by atoms with Crippen molar-refractivity contribution in [1.29, 1.82) is 0 Å². The molecule has 0 bridgehead atoms. The molecule has 0 spiro atoms. The summed E-state index contributed by atoms with van der Waals surface area (Å²) in [5, 5.41) is 18.1. The zero-order valence-corrected chi connectivity index (χ0v) is 15.3. The highest BCUT2D eigenvalue weighted by Gasteiger charge is 2.17. The molecule has 0 saturated heterocycles. The third kappa shape index (κ3) is 4.58. The standard InChI is InChI=1S/C19H29N3O2/c1-6-22-16(5)19(15(4)21-22)14(3)20-11-17(23)12-24-18-9-7-8-13(2)10-18/h7-10,14,17,20,23H,6,11-12H2,1-5H3. The Hall–Kier alpha value is -1.85. The van der Waals surface area contributed by atoms with Crippen molar-refractivity contribution in [3.8, 4) is 5.75 Å². The number of nitrogens with one attached hydrogen (secondary N) is 1. The van der Waals surface area contributed by atoms with Crippen LogP contribution in [0.4, 0.5) is 0 Å². The van der Waals surface area contributed by atoms with Gasteiger partial charge in [-0.15, -0.1) is 0 Å². The second-order valence-electron chi connectivity index (χ2n) is 6.31. The maximum Gasteiger partial charge on any atom is 0.119 e. The van der Waals surface area contributed by atoms with Crippen molar-refractivity contribution in [1.82, 2.24) is 15.1 Å². The van der Waals surface area contributed by atoms with Gasteiger partial charge in [0.2, 0.25) is 0 Å². The molecule has 5 heteroatoms. The summed E-state index contributed by atoms with van der Waals surface area (Å²) in [6, 6.07) is 7.98. The number of aryl methyl sites for hydroxylation is 3. The quantitative estimate of drug-likeness (QED) is 0.781. The van der Waals surface area contributed by atoms with E-state index in [9.17, 15) is 5.11 Å². The number of rotatable bonds is 8. The molecule has 0 aliphatic rings. The minimum atomic E-state index is -0.560. The van der Waals surface area contributed by atoms with Crippen LogP contribution in [0.5, 0.6) is 5.75 Å². The maximum absolute atomic E-state index is 10.2. The van der Waals surface area contributed by atoms with Crippen molar-refractivity contribution < 1.29 is 9.84 Å². The molecule has 0 aliphatic carbocycles. The van der Waals surface area contributed by atoms with Gasteiger partial charge in [-0.2, -0.15) is 5.10 Å². The van der Waals surface area contributed by atoms with Crippen molar-refractivity contribution in [3.05, 3.63) is 46.8 Å². The SMILES string of the molecule is CCn1nc(C)c(C(C)NCC(O)COc2cccc(C)c2)c1C. The van der Waals surface area contributed by atoms with Crippen LogP contribution in [0.1, 0.15) is 42.4 Å². The fourth-order valence-electron chi connectivity index (χ4n) is 3.02. The Kier molecular flexibility index (Phi) is 6.40. The molecule has 2 atom stereocenters. The Morgan fingerprint density at radius 2 is 2.04 bits per heavy atom. The average molecular weight is 331 g/mol. The second kappa shape index (κ2) is 8.31. The zero-order valence-electron chi connectivity index (χ0n) is 15.3. The monoisotopic (exact) mass is 331 g/mol. The first-order chi connectivity index (χ1) is 11.4. The number of aliphatic hydroxyl groups excluding tert-OH is 1. The summed E-state index contributed by atoms with van der Waals surface area (Å²) in [6.45, 7) is 12.0. The molecule has 2 aromatic rings. The van der Waals surface area contributed by atoms with Crippen LogP contribution in [-0.2, 0) is 6.54 Å². The van der Waals surface area contributed by atoms with E-state index in [1.807, 2.05) is 42.8 Å². The maximum atomic E-state index is 10.2. The number of nitrogens with zero attached hydrogens (tertiary/aromatic N) is 2. The second-order valence-corrected chi connectivity index (χ2v) is 6.31. The van der Waals surface area contributed by atoms with Gasteiger partial charge < -0.3 is 15.2 Å². The molecule has 2 rings (SSSR count). The van der Waals surface area contributed by atoms with Gasteiger partial charge in [0, 0.05) is 30.4 Å². The normalized spacial score (nSPS) is 13.8. The van der Waals surface area contributed by atoms with Gasteiger partial charge in [-0.25, -0.2) is 0 Å². The highest BCUT2D eigenvalue weighted by atomic mass is 16.5. The smallest absolute Gasteiger partial charge is 0.119 e. The van der Waals surface area contributed by atoms with Crippen LogP contribution in [0.3, 0.4) is 0 Å². The molecule has 132 valence electrons. The van der Waals surface area contributed by atoms with E-state index in [1.54, 1.807) is 0 Å². The number of aromatic nitrogens is 2. The molecule has 5 nitrogen and oxygen atoms in total. The Balaban J connectivity index is 1.85. The molecule has 1 aromatic carbocycles. The highest BCUT2D eigenvalue weighted by Crippen LogP contribution is 2.21. The van der Waals surface area contributed by atoms with E-state index in [4.69, 9.17) is 4.74 Å². The van der Waals surface area contributed by atoms with E-state index in [1.165, 1.54) is 11.3 Å². The molecule has 1 aromatic heterocycles. The molecule has 0 fully saturated rings. The first kappa shape index (κ1) is 18.5. The van der Waals surface area contributed by atoms with E-state index in [-0.39, 0.29) is 12.6 Å². The summed E-state index contributed by atoms with van der Waals surface area (Å²) in [4.78, 5) is 0. The van der Waals surface area contributed by atoms with Gasteiger partial charge in [0.15, 0.2) is 0 Å². The lowest BCUT2D eigenvalue weighted by Crippen LogP contribution is -2.33. The minimum Gasteiger partial charge on any atom is -0.491 e.